The second-order valence-electron chi connectivity index (χ2n) is 21.2. The van der Waals surface area contributed by atoms with E-state index in [1.54, 1.807) is 6.08 Å². The highest BCUT2D eigenvalue weighted by Gasteiger charge is 2.58. The molecule has 0 aromatic heterocycles. The van der Waals surface area contributed by atoms with Gasteiger partial charge in [-0.2, -0.15) is 0 Å². The minimum atomic E-state index is -1.92. The van der Waals surface area contributed by atoms with Gasteiger partial charge in [-0.1, -0.05) is 6.08 Å². The third kappa shape index (κ3) is 13.1. The van der Waals surface area contributed by atoms with Gasteiger partial charge in [0.1, 0.15) is 104 Å². The summed E-state index contributed by atoms with van der Waals surface area (Å²) in [6.07, 6.45) is -31.8. The molecule has 8 rings (SSSR count). The van der Waals surface area contributed by atoms with Crippen molar-refractivity contribution in [2.45, 2.75) is 230 Å². The number of aliphatic hydroxyl groups is 18. The van der Waals surface area contributed by atoms with Crippen molar-refractivity contribution in [3.05, 3.63) is 12.2 Å². The van der Waals surface area contributed by atoms with Crippen LogP contribution in [0.5, 0.6) is 0 Å². The van der Waals surface area contributed by atoms with Gasteiger partial charge in [0, 0.05) is 24.8 Å². The Morgan fingerprint density at radius 3 is 1.76 bits per heavy atom. The van der Waals surface area contributed by atoms with Crippen LogP contribution in [0.3, 0.4) is 0 Å². The van der Waals surface area contributed by atoms with Crippen LogP contribution in [0.2, 0.25) is 0 Å². The normalized spacial score (nSPS) is 51.6. The molecule has 0 spiro atoms. The van der Waals surface area contributed by atoms with Gasteiger partial charge in [0.25, 0.3) is 0 Å². The minimum Gasteiger partial charge on any atom is -0.460 e. The van der Waals surface area contributed by atoms with Crippen LogP contribution in [-0.2, 0) is 47.4 Å². The second kappa shape index (κ2) is 25.6. The number of aliphatic hydroxyl groups excluding tert-OH is 16. The summed E-state index contributed by atoms with van der Waals surface area (Å²) < 4.78 is 58.4. The zero-order chi connectivity index (χ0) is 53.3. The van der Waals surface area contributed by atoms with E-state index in [9.17, 15) is 86.5 Å². The molecule has 426 valence electrons. The van der Waals surface area contributed by atoms with Gasteiger partial charge >= 0.3 is 5.97 Å². The first-order valence-electron chi connectivity index (χ1n) is 25.8. The van der Waals surface area contributed by atoms with Crippen LogP contribution in [0.4, 0.5) is 0 Å². The standard InChI is InChI=1S/C47H76O27/c48-13-28-33(56)36(59)40(63)45(71-28)67-20-5-1-17(2-6-20)3-8-31(54)65-16-30-35(58)38(61)43(74-44-39(62)32(55)24(53)15-66-44)47(73-30)70-27-12-21-25(68-42(27)18-4-7-22(51)23(52)9-18)10-19(50)11-26(21)69-46-41(64)37(60)34(57)29(14-49)72-46/h3,8,17-30,32-53,55-64H,1-2,4-7,9-16H2/p+1. The molecule has 0 bridgehead atoms. The Morgan fingerprint density at radius 2 is 1.12 bits per heavy atom. The van der Waals surface area contributed by atoms with Crippen molar-refractivity contribution >= 4 is 5.97 Å². The van der Waals surface area contributed by atoms with E-state index in [1.807, 2.05) is 0 Å². The maximum absolute atomic E-state index is 13.2. The summed E-state index contributed by atoms with van der Waals surface area (Å²) >= 11 is 0. The van der Waals surface area contributed by atoms with Gasteiger partial charge in [-0.25, -0.2) is 4.79 Å². The van der Waals surface area contributed by atoms with Crippen molar-refractivity contribution in [1.82, 2.24) is 0 Å². The van der Waals surface area contributed by atoms with Gasteiger partial charge in [-0.15, -0.1) is 0 Å². The maximum Gasteiger partial charge on any atom is 0.330 e. The second-order valence-corrected chi connectivity index (χ2v) is 21.2. The molecule has 27 nitrogen and oxygen atoms in total. The number of ether oxygens (including phenoxy) is 10. The summed E-state index contributed by atoms with van der Waals surface area (Å²) in [6, 6.07) is 0. The number of esters is 1. The molecular formula is C47H77O27+. The van der Waals surface area contributed by atoms with E-state index in [1.165, 1.54) is 6.08 Å². The van der Waals surface area contributed by atoms with Crippen LogP contribution in [0.25, 0.3) is 0 Å². The first kappa shape index (κ1) is 58.4. The average molecular weight is 1070 g/mol. The first-order chi connectivity index (χ1) is 35.3. The fourth-order valence-corrected chi connectivity index (χ4v) is 11.7. The lowest BCUT2D eigenvalue weighted by Crippen LogP contribution is -2.65. The molecule has 3 aliphatic carbocycles. The van der Waals surface area contributed by atoms with Gasteiger partial charge in [-0.3, -0.25) is 0 Å². The number of carbonyl (C=O) groups is 1. The van der Waals surface area contributed by atoms with Crippen molar-refractivity contribution in [3.8, 4) is 0 Å². The molecule has 28 atom stereocenters. The molecular weight excluding hydrogens is 996 g/mol. The smallest absolute Gasteiger partial charge is 0.330 e. The van der Waals surface area contributed by atoms with Crippen LogP contribution in [0.1, 0.15) is 64.2 Å². The predicted molar refractivity (Wildman–Crippen MR) is 240 cm³/mol. The molecule has 5 aliphatic heterocycles. The highest BCUT2D eigenvalue weighted by molar-refractivity contribution is 5.81. The zero-order valence-corrected chi connectivity index (χ0v) is 40.6. The van der Waals surface area contributed by atoms with E-state index in [4.69, 9.17) is 47.4 Å². The van der Waals surface area contributed by atoms with E-state index in [0.717, 1.165) is 0 Å². The van der Waals surface area contributed by atoms with Crippen molar-refractivity contribution in [2.75, 3.05) is 26.4 Å². The first-order valence-corrected chi connectivity index (χ1v) is 25.8. The predicted octanol–water partition coefficient (Wildman–Crippen LogP) is -7.74. The SMILES string of the molecule is O=C(C=CC1CCC(OC2OC(CO)C(O)C(O)C2O)CC1)OCC1OC(OC2CC3C(OC4OC(CO)C(O)C(O)C4O)CC(O)CC3[OH+]C2C2CCC(O)C(O)C2)C(OC2OCC(O)C(O)C2O)C(O)C1O. The summed E-state index contributed by atoms with van der Waals surface area (Å²) in [5.41, 5.74) is 0. The molecule has 3 saturated carbocycles. The molecule has 0 aromatic carbocycles. The number of allylic oxidation sites excluding steroid dienone is 1. The van der Waals surface area contributed by atoms with Crippen molar-refractivity contribution in [2.24, 2.45) is 17.8 Å². The van der Waals surface area contributed by atoms with Gasteiger partial charge in [0.05, 0.1) is 56.3 Å². The average Bonchev–Trinajstić information content (AvgIpc) is 3.38. The molecule has 5 heterocycles. The third-order valence-corrected chi connectivity index (χ3v) is 16.2. The third-order valence-electron chi connectivity index (χ3n) is 16.2. The molecule has 28 unspecified atom stereocenters. The van der Waals surface area contributed by atoms with E-state index in [2.05, 4.69) is 0 Å². The molecule has 27 heteroatoms. The van der Waals surface area contributed by atoms with Gasteiger partial charge < -0.3 is 129 Å². The lowest BCUT2D eigenvalue weighted by atomic mass is 9.72. The molecule has 0 aromatic rings. The van der Waals surface area contributed by atoms with Crippen LogP contribution in [0.15, 0.2) is 12.2 Å². The summed E-state index contributed by atoms with van der Waals surface area (Å²) in [5, 5.41) is 169. The highest BCUT2D eigenvalue weighted by Crippen LogP contribution is 2.44. The summed E-state index contributed by atoms with van der Waals surface area (Å²) in [5.74, 6) is -2.01. The minimum absolute atomic E-state index is 0.0117. The van der Waals surface area contributed by atoms with Crippen LogP contribution in [0, 0.1) is 17.8 Å². The molecule has 74 heavy (non-hydrogen) atoms. The van der Waals surface area contributed by atoms with Gasteiger partial charge in [-0.05, 0) is 57.3 Å². The Balaban J connectivity index is 0.969. The van der Waals surface area contributed by atoms with E-state index >= 15 is 0 Å². The lowest BCUT2D eigenvalue weighted by molar-refractivity contribution is -0.385. The van der Waals surface area contributed by atoms with E-state index in [-0.39, 0.29) is 38.0 Å². The molecule has 0 amide bonds. The number of hydrogen-bond acceptors (Lipinski definition) is 26. The molecule has 5 saturated heterocycles. The number of fused-ring (bicyclic) bond motifs is 1. The fourth-order valence-electron chi connectivity index (χ4n) is 11.7. The molecule has 8 aliphatic rings. The zero-order valence-electron chi connectivity index (χ0n) is 40.6. The maximum atomic E-state index is 13.2. The monoisotopic (exact) mass is 1070 g/mol. The topological polar surface area (TPSA) is 437 Å². The Labute approximate surface area is 425 Å². The Bertz CT molecular complexity index is 1790. The number of hydrogen-bond donors (Lipinski definition) is 16. The number of rotatable bonds is 15. The van der Waals surface area contributed by atoms with Crippen LogP contribution in [-0.4, -0.2) is 284 Å². The Hall–Kier alpha value is -1.79. The quantitative estimate of drug-likeness (QED) is 0.0411. The van der Waals surface area contributed by atoms with Crippen LogP contribution >= 0.6 is 0 Å². The lowest BCUT2D eigenvalue weighted by Gasteiger charge is -2.50. The van der Waals surface area contributed by atoms with Crippen molar-refractivity contribution in [1.29, 1.82) is 0 Å². The van der Waals surface area contributed by atoms with E-state index < -0.39 is 210 Å². The van der Waals surface area contributed by atoms with E-state index in [0.29, 0.717) is 32.1 Å². The van der Waals surface area contributed by atoms with Gasteiger partial charge in [0.2, 0.25) is 0 Å². The van der Waals surface area contributed by atoms with Gasteiger partial charge in [0.15, 0.2) is 37.4 Å². The molecule has 17 N–H and O–H groups in total. The number of carbonyl (C=O) groups excluding carboxylic acids is 1. The summed E-state index contributed by atoms with van der Waals surface area (Å²) in [7, 11) is 0. The molecule has 0 radical (unpaired) electrons. The molecule has 8 fully saturated rings. The van der Waals surface area contributed by atoms with Crippen molar-refractivity contribution in [3.63, 3.8) is 0 Å². The Morgan fingerprint density at radius 1 is 0.527 bits per heavy atom. The largest absolute Gasteiger partial charge is 0.460 e. The highest BCUT2D eigenvalue weighted by atomic mass is 16.8. The summed E-state index contributed by atoms with van der Waals surface area (Å²) in [6.45, 7) is -2.45. The summed E-state index contributed by atoms with van der Waals surface area (Å²) in [4.78, 5) is 13.2. The van der Waals surface area contributed by atoms with Crippen LogP contribution < -0.4 is 0 Å². The Kier molecular flexibility index (Phi) is 20.2. The fraction of sp³-hybridized carbons (Fsp3) is 0.936. The van der Waals surface area contributed by atoms with Crippen molar-refractivity contribution < 1.29 is 134 Å².